The monoisotopic (exact) mass is 336 g/mol. The van der Waals surface area contributed by atoms with E-state index in [1.165, 1.54) is 0 Å². The number of carbonyl (C=O) groups is 1. The SMILES string of the molecule is O=C(N/N=C\c1cn(-c2ccccc2)nc1-c1cccs1)C1CC1. The van der Waals surface area contributed by atoms with E-state index < -0.39 is 0 Å². The number of thiophene rings is 1. The lowest BCUT2D eigenvalue weighted by atomic mass is 10.2. The van der Waals surface area contributed by atoms with Crippen LogP contribution >= 0.6 is 11.3 Å². The van der Waals surface area contributed by atoms with Crippen LogP contribution in [-0.4, -0.2) is 21.9 Å². The zero-order chi connectivity index (χ0) is 16.4. The van der Waals surface area contributed by atoms with Crippen LogP contribution in [0.5, 0.6) is 0 Å². The van der Waals surface area contributed by atoms with Gasteiger partial charge in [-0.3, -0.25) is 4.79 Å². The van der Waals surface area contributed by atoms with E-state index in [1.54, 1.807) is 17.6 Å². The van der Waals surface area contributed by atoms with E-state index >= 15 is 0 Å². The number of amides is 1. The van der Waals surface area contributed by atoms with Crippen molar-refractivity contribution in [1.29, 1.82) is 0 Å². The number of nitrogens with zero attached hydrogens (tertiary/aromatic N) is 3. The van der Waals surface area contributed by atoms with E-state index in [0.29, 0.717) is 0 Å². The summed E-state index contributed by atoms with van der Waals surface area (Å²) < 4.78 is 1.83. The molecule has 0 bridgehead atoms. The van der Waals surface area contributed by atoms with Crippen LogP contribution in [0.1, 0.15) is 18.4 Å². The highest BCUT2D eigenvalue weighted by Crippen LogP contribution is 2.29. The molecule has 24 heavy (non-hydrogen) atoms. The molecule has 6 heteroatoms. The fourth-order valence-corrected chi connectivity index (χ4v) is 3.13. The van der Waals surface area contributed by atoms with Gasteiger partial charge in [-0.1, -0.05) is 24.3 Å². The minimum atomic E-state index is -0.000579. The Morgan fingerprint density at radius 1 is 1.25 bits per heavy atom. The number of rotatable bonds is 5. The number of carbonyl (C=O) groups excluding carboxylic acids is 1. The van der Waals surface area contributed by atoms with E-state index in [1.807, 2.05) is 58.7 Å². The lowest BCUT2D eigenvalue weighted by Gasteiger charge is -1.98. The first-order valence-corrected chi connectivity index (χ1v) is 8.71. The molecule has 0 unspecified atom stereocenters. The zero-order valence-corrected chi connectivity index (χ0v) is 13.7. The molecule has 1 aliphatic carbocycles. The first kappa shape index (κ1) is 14.8. The van der Waals surface area contributed by atoms with Crippen LogP contribution in [0, 0.1) is 5.92 Å². The Hall–Kier alpha value is -2.73. The average molecular weight is 336 g/mol. The topological polar surface area (TPSA) is 59.3 Å². The number of hydrogen-bond acceptors (Lipinski definition) is 4. The fraction of sp³-hybridized carbons (Fsp3) is 0.167. The van der Waals surface area contributed by atoms with Crippen molar-refractivity contribution in [3.8, 4) is 16.3 Å². The van der Waals surface area contributed by atoms with Gasteiger partial charge in [0.25, 0.3) is 0 Å². The molecule has 1 amide bonds. The van der Waals surface area contributed by atoms with Crippen LogP contribution in [0.25, 0.3) is 16.3 Å². The van der Waals surface area contributed by atoms with Gasteiger partial charge in [-0.15, -0.1) is 11.3 Å². The van der Waals surface area contributed by atoms with E-state index in [4.69, 9.17) is 5.10 Å². The third-order valence-electron chi connectivity index (χ3n) is 3.84. The van der Waals surface area contributed by atoms with Crippen molar-refractivity contribution in [2.45, 2.75) is 12.8 Å². The summed E-state index contributed by atoms with van der Waals surface area (Å²) in [7, 11) is 0. The second-order valence-corrected chi connectivity index (χ2v) is 6.65. The van der Waals surface area contributed by atoms with Gasteiger partial charge in [-0.05, 0) is 36.4 Å². The molecule has 1 saturated carbocycles. The smallest absolute Gasteiger partial charge is 0.243 e. The van der Waals surface area contributed by atoms with Crippen LogP contribution in [0.3, 0.4) is 0 Å². The first-order chi connectivity index (χ1) is 11.8. The number of hydrogen-bond donors (Lipinski definition) is 1. The number of aromatic nitrogens is 2. The Balaban J connectivity index is 1.64. The normalized spacial score (nSPS) is 14.2. The van der Waals surface area contributed by atoms with Gasteiger partial charge in [0.15, 0.2) is 0 Å². The van der Waals surface area contributed by atoms with Crippen LogP contribution < -0.4 is 5.43 Å². The van der Waals surface area contributed by atoms with Gasteiger partial charge < -0.3 is 0 Å². The molecule has 4 rings (SSSR count). The maximum Gasteiger partial charge on any atom is 0.243 e. The minimum absolute atomic E-state index is 0.000579. The molecule has 3 aromatic rings. The highest BCUT2D eigenvalue weighted by Gasteiger charge is 2.29. The molecular formula is C18H16N4OS. The third-order valence-corrected chi connectivity index (χ3v) is 4.72. The van der Waals surface area contributed by atoms with Gasteiger partial charge in [-0.25, -0.2) is 10.1 Å². The zero-order valence-electron chi connectivity index (χ0n) is 12.9. The van der Waals surface area contributed by atoms with Crippen molar-refractivity contribution >= 4 is 23.5 Å². The van der Waals surface area contributed by atoms with Gasteiger partial charge in [0, 0.05) is 17.7 Å². The predicted molar refractivity (Wildman–Crippen MR) is 95.3 cm³/mol. The molecule has 0 aliphatic heterocycles. The van der Waals surface area contributed by atoms with Crippen LogP contribution in [0.4, 0.5) is 0 Å². The van der Waals surface area contributed by atoms with Crippen molar-refractivity contribution in [2.24, 2.45) is 11.0 Å². The summed E-state index contributed by atoms with van der Waals surface area (Å²) in [5.74, 6) is 0.144. The van der Waals surface area contributed by atoms with E-state index in [-0.39, 0.29) is 11.8 Å². The fourth-order valence-electron chi connectivity index (χ4n) is 2.40. The van der Waals surface area contributed by atoms with Crippen LogP contribution in [-0.2, 0) is 4.79 Å². The molecular weight excluding hydrogens is 320 g/mol. The van der Waals surface area contributed by atoms with Crippen molar-refractivity contribution in [3.63, 3.8) is 0 Å². The van der Waals surface area contributed by atoms with Gasteiger partial charge >= 0.3 is 0 Å². The average Bonchev–Trinajstić information content (AvgIpc) is 3.16. The van der Waals surface area contributed by atoms with E-state index in [9.17, 15) is 4.79 Å². The summed E-state index contributed by atoms with van der Waals surface area (Å²) in [4.78, 5) is 12.8. The molecule has 0 radical (unpaired) electrons. The molecule has 1 aromatic carbocycles. The van der Waals surface area contributed by atoms with E-state index in [0.717, 1.165) is 34.7 Å². The van der Waals surface area contributed by atoms with Gasteiger partial charge in [0.1, 0.15) is 5.69 Å². The number of nitrogens with one attached hydrogen (secondary N) is 1. The van der Waals surface area contributed by atoms with Gasteiger partial charge in [0.2, 0.25) is 5.91 Å². The van der Waals surface area contributed by atoms with Crippen LogP contribution in [0.15, 0.2) is 59.1 Å². The molecule has 1 N–H and O–H groups in total. The van der Waals surface area contributed by atoms with Gasteiger partial charge in [-0.2, -0.15) is 10.2 Å². The van der Waals surface area contributed by atoms with Crippen molar-refractivity contribution in [3.05, 3.63) is 59.6 Å². The summed E-state index contributed by atoms with van der Waals surface area (Å²) in [6.45, 7) is 0. The molecule has 0 spiro atoms. The standard InChI is InChI=1S/C18H16N4OS/c23-18(13-8-9-13)20-19-11-14-12-22(15-5-2-1-3-6-15)21-17(14)16-7-4-10-24-16/h1-7,10-13H,8-9H2,(H,20,23)/b19-11-. The highest BCUT2D eigenvalue weighted by atomic mass is 32.1. The largest absolute Gasteiger partial charge is 0.273 e. The summed E-state index contributed by atoms with van der Waals surface area (Å²) >= 11 is 1.63. The molecule has 0 atom stereocenters. The quantitative estimate of drug-likeness (QED) is 0.573. The van der Waals surface area contributed by atoms with Gasteiger partial charge in [0.05, 0.1) is 16.8 Å². The Kier molecular flexibility index (Phi) is 3.96. The molecule has 1 fully saturated rings. The van der Waals surface area contributed by atoms with Crippen molar-refractivity contribution in [2.75, 3.05) is 0 Å². The summed E-state index contributed by atoms with van der Waals surface area (Å²) in [6, 6.07) is 14.0. The summed E-state index contributed by atoms with van der Waals surface area (Å²) in [5, 5.41) is 10.8. The maximum atomic E-state index is 11.7. The molecule has 120 valence electrons. The molecule has 2 heterocycles. The lowest BCUT2D eigenvalue weighted by Crippen LogP contribution is -2.18. The van der Waals surface area contributed by atoms with Crippen molar-refractivity contribution in [1.82, 2.24) is 15.2 Å². The number of hydrazone groups is 1. The predicted octanol–water partition coefficient (Wildman–Crippen LogP) is 3.46. The Bertz CT molecular complexity index is 864. The molecule has 1 aliphatic rings. The second-order valence-electron chi connectivity index (χ2n) is 5.70. The Morgan fingerprint density at radius 2 is 2.08 bits per heavy atom. The first-order valence-electron chi connectivity index (χ1n) is 7.83. The summed E-state index contributed by atoms with van der Waals surface area (Å²) in [6.07, 6.45) is 5.53. The van der Waals surface area contributed by atoms with E-state index in [2.05, 4.69) is 10.5 Å². The Morgan fingerprint density at radius 3 is 2.79 bits per heavy atom. The highest BCUT2D eigenvalue weighted by molar-refractivity contribution is 7.13. The second kappa shape index (κ2) is 6.41. The summed E-state index contributed by atoms with van der Waals surface area (Å²) in [5.41, 5.74) is 5.33. The molecule has 0 saturated heterocycles. The Labute approximate surface area is 143 Å². The van der Waals surface area contributed by atoms with Crippen molar-refractivity contribution < 1.29 is 4.79 Å². The minimum Gasteiger partial charge on any atom is -0.273 e. The molecule has 5 nitrogen and oxygen atoms in total. The number of para-hydroxylation sites is 1. The third kappa shape index (κ3) is 3.14. The lowest BCUT2D eigenvalue weighted by molar-refractivity contribution is -0.122. The maximum absolute atomic E-state index is 11.7. The number of benzene rings is 1. The molecule has 2 aromatic heterocycles. The van der Waals surface area contributed by atoms with Crippen LogP contribution in [0.2, 0.25) is 0 Å².